The van der Waals surface area contributed by atoms with Gasteiger partial charge in [0.1, 0.15) is 14.7 Å². The van der Waals surface area contributed by atoms with Crippen LogP contribution in [0.2, 0.25) is 19.6 Å². The zero-order chi connectivity index (χ0) is 18.4. The molecule has 2 nitrogen and oxygen atoms in total. The molecule has 1 radical (unpaired) electrons. The van der Waals surface area contributed by atoms with Crippen molar-refractivity contribution in [2.45, 2.75) is 97.8 Å². The van der Waals surface area contributed by atoms with E-state index < -0.39 is 8.07 Å². The number of rotatable bonds is 3. The minimum atomic E-state index is -1.36. The number of nitrogens with zero attached hydrogens (tertiary/aromatic N) is 2. The van der Waals surface area contributed by atoms with Gasteiger partial charge >= 0.3 is 0 Å². The van der Waals surface area contributed by atoms with Crippen LogP contribution in [0.3, 0.4) is 0 Å². The summed E-state index contributed by atoms with van der Waals surface area (Å²) in [5, 5.41) is 2.29. The predicted molar refractivity (Wildman–Crippen MR) is 110 cm³/mol. The Morgan fingerprint density at radius 1 is 0.870 bits per heavy atom. The lowest BCUT2D eigenvalue weighted by Crippen LogP contribution is -2.44. The van der Waals surface area contributed by atoms with Crippen molar-refractivity contribution in [2.24, 2.45) is 0 Å². The van der Waals surface area contributed by atoms with Gasteiger partial charge in [0.2, 0.25) is 0 Å². The second-order valence-corrected chi connectivity index (χ2v) is 19.7. The summed E-state index contributed by atoms with van der Waals surface area (Å²) >= 11 is 0. The summed E-state index contributed by atoms with van der Waals surface area (Å²) in [4.78, 5) is 5.01. The van der Waals surface area contributed by atoms with E-state index in [4.69, 9.17) is 0 Å². The van der Waals surface area contributed by atoms with E-state index in [1.807, 2.05) is 0 Å². The Balaban J connectivity index is 3.09. The fraction of sp³-hybridized carbons (Fsp3) is 0.842. The summed E-state index contributed by atoms with van der Waals surface area (Å²) in [7, 11) is -1.49. The van der Waals surface area contributed by atoms with Gasteiger partial charge in [0, 0.05) is 23.3 Å². The molecule has 0 atom stereocenters. The third kappa shape index (κ3) is 5.49. The minimum absolute atomic E-state index is 0.125. The van der Waals surface area contributed by atoms with Crippen molar-refractivity contribution in [3.63, 3.8) is 0 Å². The van der Waals surface area contributed by atoms with Crippen LogP contribution < -0.4 is 0 Å². The average molecular weight is 356 g/mol. The molecule has 135 valence electrons. The summed E-state index contributed by atoms with van der Waals surface area (Å²) < 4.78 is 0. The molecule has 0 saturated heterocycles. The van der Waals surface area contributed by atoms with Crippen molar-refractivity contribution >= 4 is 16.0 Å². The molecule has 0 fully saturated rings. The van der Waals surface area contributed by atoms with Gasteiger partial charge in [-0.05, 0) is 31.1 Å². The summed E-state index contributed by atoms with van der Waals surface area (Å²) in [5.74, 6) is 0. The standard InChI is InChI=1S/C19H40N2PSi/c1-17(2,3)21-14-20(13-16(21)23(10,11)12)15-22(18(4,5)6)19(7,8)9/h13-14H,15H2,1-12H3. The third-order valence-corrected chi connectivity index (χ3v) is 9.98. The highest BCUT2D eigenvalue weighted by Gasteiger charge is 2.40. The quantitative estimate of drug-likeness (QED) is 0.434. The van der Waals surface area contributed by atoms with Gasteiger partial charge < -0.3 is 9.80 Å². The van der Waals surface area contributed by atoms with Crippen molar-refractivity contribution in [3.8, 4) is 0 Å². The van der Waals surface area contributed by atoms with Crippen LogP contribution in [0, 0.1) is 6.67 Å². The molecule has 0 aromatic carbocycles. The first-order valence-electron chi connectivity index (χ1n) is 8.84. The van der Waals surface area contributed by atoms with Crippen molar-refractivity contribution < 1.29 is 0 Å². The van der Waals surface area contributed by atoms with Gasteiger partial charge in [-0.2, -0.15) is 0 Å². The Morgan fingerprint density at radius 2 is 1.30 bits per heavy atom. The third-order valence-electron chi connectivity index (χ3n) is 4.23. The minimum Gasteiger partial charge on any atom is -0.349 e. The molecule has 1 rings (SSSR count). The highest BCUT2D eigenvalue weighted by Crippen LogP contribution is 2.60. The topological polar surface area (TPSA) is 6.48 Å². The normalized spacial score (nSPS) is 18.0. The molecule has 0 N–H and O–H groups in total. The molecule has 0 saturated carbocycles. The van der Waals surface area contributed by atoms with E-state index in [2.05, 4.69) is 105 Å². The van der Waals surface area contributed by atoms with Crippen LogP contribution in [-0.4, -0.2) is 40.0 Å². The lowest BCUT2D eigenvalue weighted by molar-refractivity contribution is 0.216. The zero-order valence-electron chi connectivity index (χ0n) is 17.7. The Morgan fingerprint density at radius 3 is 1.57 bits per heavy atom. The molecule has 0 aromatic heterocycles. The Kier molecular flexibility index (Phi) is 5.83. The van der Waals surface area contributed by atoms with Crippen LogP contribution in [0.15, 0.2) is 11.5 Å². The Bertz CT molecular complexity index is 430. The smallest absolute Gasteiger partial charge is 0.142 e. The predicted octanol–water partition coefficient (Wildman–Crippen LogP) is 6.28. The monoisotopic (exact) mass is 355 g/mol. The average Bonchev–Trinajstić information content (AvgIpc) is 2.65. The Hall–Kier alpha value is -0.0131. The van der Waals surface area contributed by atoms with Gasteiger partial charge in [-0.1, -0.05) is 69.1 Å². The number of hydrogen-bond donors (Lipinski definition) is 0. The first-order valence-corrected chi connectivity index (χ1v) is 13.9. The molecule has 0 aliphatic carbocycles. The molecule has 0 bridgehead atoms. The van der Waals surface area contributed by atoms with Crippen molar-refractivity contribution in [1.82, 2.24) is 9.80 Å². The maximum absolute atomic E-state index is 2.53. The summed E-state index contributed by atoms with van der Waals surface area (Å²) in [6.45, 7) is 31.1. The summed E-state index contributed by atoms with van der Waals surface area (Å²) in [6, 6.07) is 0. The van der Waals surface area contributed by atoms with Crippen LogP contribution >= 0.6 is 7.92 Å². The van der Waals surface area contributed by atoms with E-state index in [9.17, 15) is 0 Å². The van der Waals surface area contributed by atoms with Crippen LogP contribution in [0.4, 0.5) is 0 Å². The van der Waals surface area contributed by atoms with E-state index in [0.29, 0.717) is 10.3 Å². The fourth-order valence-electron chi connectivity index (χ4n) is 3.22. The van der Waals surface area contributed by atoms with Gasteiger partial charge in [0.25, 0.3) is 0 Å². The zero-order valence-corrected chi connectivity index (χ0v) is 19.6. The molecule has 1 aliphatic rings. The molecule has 23 heavy (non-hydrogen) atoms. The van der Waals surface area contributed by atoms with E-state index >= 15 is 0 Å². The second kappa shape index (κ2) is 6.37. The SMILES string of the molecule is CC(C)(C)N1[CH]N(CP(C(C)(C)C)C(C)(C)C)C=C1[Si](C)(C)C. The largest absolute Gasteiger partial charge is 0.349 e. The molecule has 0 spiro atoms. The summed E-state index contributed by atoms with van der Waals surface area (Å²) in [6.07, 6.45) is 3.60. The molecule has 4 heteroatoms. The van der Waals surface area contributed by atoms with Crippen molar-refractivity contribution in [1.29, 1.82) is 0 Å². The lowest BCUT2D eigenvalue weighted by atomic mass is 10.1. The van der Waals surface area contributed by atoms with Gasteiger partial charge in [0.05, 0.1) is 0 Å². The van der Waals surface area contributed by atoms with Gasteiger partial charge in [-0.15, -0.1) is 0 Å². The van der Waals surface area contributed by atoms with Crippen molar-refractivity contribution in [3.05, 3.63) is 18.2 Å². The van der Waals surface area contributed by atoms with Gasteiger partial charge in [-0.3, -0.25) is 0 Å². The van der Waals surface area contributed by atoms with Crippen LogP contribution in [-0.2, 0) is 0 Å². The summed E-state index contributed by atoms with van der Waals surface area (Å²) in [5.41, 5.74) is 0.146. The molecule has 0 unspecified atom stereocenters. The van der Waals surface area contributed by atoms with Gasteiger partial charge in [-0.25, -0.2) is 0 Å². The van der Waals surface area contributed by atoms with E-state index in [1.165, 1.54) is 0 Å². The molecular weight excluding hydrogens is 315 g/mol. The van der Waals surface area contributed by atoms with E-state index in [-0.39, 0.29) is 13.5 Å². The fourth-order valence-corrected chi connectivity index (χ4v) is 8.24. The first kappa shape index (κ1) is 21.0. The van der Waals surface area contributed by atoms with E-state index in [0.717, 1.165) is 6.29 Å². The highest BCUT2D eigenvalue weighted by molar-refractivity contribution is 7.60. The first-order chi connectivity index (χ1) is 9.94. The highest BCUT2D eigenvalue weighted by atomic mass is 31.1. The Labute approximate surface area is 148 Å². The maximum Gasteiger partial charge on any atom is 0.142 e. The van der Waals surface area contributed by atoms with Crippen LogP contribution in [0.25, 0.3) is 0 Å². The molecule has 0 aromatic rings. The van der Waals surface area contributed by atoms with E-state index in [1.54, 1.807) is 5.32 Å². The lowest BCUT2D eigenvalue weighted by Gasteiger charge is -2.44. The van der Waals surface area contributed by atoms with Gasteiger partial charge in [0.15, 0.2) is 0 Å². The maximum atomic E-state index is 2.53. The number of hydrogen-bond acceptors (Lipinski definition) is 2. The molecule has 0 amide bonds. The molecular formula is C19H40N2PSi. The van der Waals surface area contributed by atoms with Crippen LogP contribution in [0.1, 0.15) is 62.3 Å². The second-order valence-electron chi connectivity index (χ2n) is 10.8. The molecule has 1 aliphatic heterocycles. The van der Waals surface area contributed by atoms with Crippen molar-refractivity contribution in [2.75, 3.05) is 6.29 Å². The van der Waals surface area contributed by atoms with Crippen LogP contribution in [0.5, 0.6) is 0 Å². The molecule has 1 heterocycles.